The third-order valence-corrected chi connectivity index (χ3v) is 3.21. The Labute approximate surface area is 111 Å². The molecule has 1 aromatic carbocycles. The summed E-state index contributed by atoms with van der Waals surface area (Å²) in [5.41, 5.74) is 1.25. The second-order valence-electron chi connectivity index (χ2n) is 3.89. The molecule has 1 aliphatic heterocycles. The van der Waals surface area contributed by atoms with Crippen molar-refractivity contribution in [2.45, 2.75) is 25.6 Å². The molecule has 1 heterocycles. The van der Waals surface area contributed by atoms with Crippen LogP contribution in [0, 0.1) is 0 Å². The molecule has 90 valence electrons. The van der Waals surface area contributed by atoms with Crippen molar-refractivity contribution >= 4 is 28.3 Å². The van der Waals surface area contributed by atoms with Crippen LogP contribution in [-0.2, 0) is 11.3 Å². The Balaban J connectivity index is 0.00000128. The summed E-state index contributed by atoms with van der Waals surface area (Å²) in [6.45, 7) is 2.91. The van der Waals surface area contributed by atoms with Gasteiger partial charge >= 0.3 is 0 Å². The Morgan fingerprint density at radius 2 is 1.81 bits per heavy atom. The first-order valence-electron chi connectivity index (χ1n) is 5.41. The Morgan fingerprint density at radius 3 is 2.44 bits per heavy atom. The van der Waals surface area contributed by atoms with Crippen LogP contribution in [0.4, 0.5) is 0 Å². The summed E-state index contributed by atoms with van der Waals surface area (Å²) in [4.78, 5) is 0. The van der Waals surface area contributed by atoms with E-state index in [1.54, 1.807) is 0 Å². The molecule has 0 atom stereocenters. The first-order valence-corrected chi connectivity index (χ1v) is 6.20. The van der Waals surface area contributed by atoms with Crippen LogP contribution in [0.15, 0.2) is 28.7 Å². The predicted octanol–water partition coefficient (Wildman–Crippen LogP) is 3.14. The lowest BCUT2D eigenvalue weighted by molar-refractivity contribution is 0.0212. The van der Waals surface area contributed by atoms with Crippen molar-refractivity contribution in [2.24, 2.45) is 0 Å². The lowest BCUT2D eigenvalue weighted by Gasteiger charge is -2.22. The lowest BCUT2D eigenvalue weighted by atomic mass is 10.1. The molecule has 0 aliphatic carbocycles. The van der Waals surface area contributed by atoms with Crippen LogP contribution in [0.3, 0.4) is 0 Å². The van der Waals surface area contributed by atoms with Gasteiger partial charge in [0.1, 0.15) is 0 Å². The van der Waals surface area contributed by atoms with Gasteiger partial charge < -0.3 is 10.1 Å². The quantitative estimate of drug-likeness (QED) is 0.926. The van der Waals surface area contributed by atoms with Crippen LogP contribution in [0.1, 0.15) is 18.4 Å². The van der Waals surface area contributed by atoms with Gasteiger partial charge in [-0.3, -0.25) is 0 Å². The van der Waals surface area contributed by atoms with Gasteiger partial charge in [-0.05, 0) is 43.6 Å². The van der Waals surface area contributed by atoms with Gasteiger partial charge in [-0.15, -0.1) is 12.4 Å². The molecule has 0 radical (unpaired) electrons. The number of hydrogen-bond donors (Lipinski definition) is 1. The Hall–Kier alpha value is -0.0900. The van der Waals surface area contributed by atoms with Crippen LogP contribution >= 0.6 is 28.3 Å². The second kappa shape index (κ2) is 7.28. The monoisotopic (exact) mass is 305 g/mol. The fraction of sp³-hybridized carbons (Fsp3) is 0.500. The van der Waals surface area contributed by atoms with Gasteiger partial charge in [0.05, 0.1) is 12.7 Å². The number of benzene rings is 1. The van der Waals surface area contributed by atoms with Crippen molar-refractivity contribution in [1.29, 1.82) is 0 Å². The van der Waals surface area contributed by atoms with Crippen molar-refractivity contribution in [3.8, 4) is 0 Å². The van der Waals surface area contributed by atoms with Crippen LogP contribution in [-0.4, -0.2) is 19.2 Å². The van der Waals surface area contributed by atoms with Crippen molar-refractivity contribution in [1.82, 2.24) is 5.32 Å². The molecule has 1 aliphatic rings. The Kier molecular flexibility index (Phi) is 6.36. The van der Waals surface area contributed by atoms with Crippen LogP contribution in [0.25, 0.3) is 0 Å². The van der Waals surface area contributed by atoms with Gasteiger partial charge in [0.2, 0.25) is 0 Å². The molecule has 0 amide bonds. The summed E-state index contributed by atoms with van der Waals surface area (Å²) >= 11 is 3.42. The summed E-state index contributed by atoms with van der Waals surface area (Å²) in [7, 11) is 0. The summed E-state index contributed by atoms with van der Waals surface area (Å²) in [5, 5.41) is 3.33. The van der Waals surface area contributed by atoms with Gasteiger partial charge in [-0.25, -0.2) is 0 Å². The molecule has 2 rings (SSSR count). The van der Waals surface area contributed by atoms with E-state index in [-0.39, 0.29) is 12.4 Å². The molecule has 1 fully saturated rings. The standard InChI is InChI=1S/C12H16BrNO.ClH/c13-11-3-1-10(2-4-11)9-15-12-5-7-14-8-6-12;/h1-4,12,14H,5-9H2;1H. The zero-order valence-corrected chi connectivity index (χ0v) is 11.5. The van der Waals surface area contributed by atoms with E-state index in [4.69, 9.17) is 4.74 Å². The summed E-state index contributed by atoms with van der Waals surface area (Å²) < 4.78 is 6.97. The Morgan fingerprint density at radius 1 is 1.19 bits per heavy atom. The highest BCUT2D eigenvalue weighted by atomic mass is 79.9. The minimum Gasteiger partial charge on any atom is -0.373 e. The fourth-order valence-electron chi connectivity index (χ4n) is 1.76. The van der Waals surface area contributed by atoms with E-state index in [1.165, 1.54) is 5.56 Å². The number of hydrogen-bond acceptors (Lipinski definition) is 2. The zero-order valence-electron chi connectivity index (χ0n) is 9.12. The normalized spacial score (nSPS) is 16.8. The van der Waals surface area contributed by atoms with Crippen molar-refractivity contribution in [3.63, 3.8) is 0 Å². The summed E-state index contributed by atoms with van der Waals surface area (Å²) in [6, 6.07) is 8.32. The first kappa shape index (κ1) is 14.0. The molecule has 1 saturated heterocycles. The minimum absolute atomic E-state index is 0. The van der Waals surface area contributed by atoms with E-state index in [9.17, 15) is 0 Å². The maximum atomic E-state index is 5.85. The summed E-state index contributed by atoms with van der Waals surface area (Å²) in [6.07, 6.45) is 2.71. The lowest BCUT2D eigenvalue weighted by Crippen LogP contribution is -2.32. The largest absolute Gasteiger partial charge is 0.373 e. The van der Waals surface area contributed by atoms with Gasteiger partial charge in [0, 0.05) is 4.47 Å². The van der Waals surface area contributed by atoms with Crippen molar-refractivity contribution < 1.29 is 4.74 Å². The highest BCUT2D eigenvalue weighted by molar-refractivity contribution is 9.10. The molecule has 16 heavy (non-hydrogen) atoms. The van der Waals surface area contributed by atoms with E-state index >= 15 is 0 Å². The fourth-order valence-corrected chi connectivity index (χ4v) is 2.02. The maximum absolute atomic E-state index is 5.85. The number of piperidine rings is 1. The highest BCUT2D eigenvalue weighted by Gasteiger charge is 2.12. The molecule has 0 aromatic heterocycles. The van der Waals surface area contributed by atoms with Crippen LogP contribution in [0.5, 0.6) is 0 Å². The van der Waals surface area contributed by atoms with E-state index in [0.29, 0.717) is 6.10 Å². The maximum Gasteiger partial charge on any atom is 0.0720 e. The topological polar surface area (TPSA) is 21.3 Å². The predicted molar refractivity (Wildman–Crippen MR) is 72.1 cm³/mol. The highest BCUT2D eigenvalue weighted by Crippen LogP contribution is 2.14. The number of halogens is 2. The van der Waals surface area contributed by atoms with E-state index in [1.807, 2.05) is 0 Å². The molecule has 0 saturated carbocycles. The van der Waals surface area contributed by atoms with Gasteiger partial charge in [-0.2, -0.15) is 0 Å². The Bertz CT molecular complexity index is 298. The van der Waals surface area contributed by atoms with Gasteiger partial charge in [0.25, 0.3) is 0 Å². The second-order valence-corrected chi connectivity index (χ2v) is 4.80. The average molecular weight is 307 g/mol. The van der Waals surface area contributed by atoms with E-state index < -0.39 is 0 Å². The van der Waals surface area contributed by atoms with Crippen molar-refractivity contribution in [2.75, 3.05) is 13.1 Å². The van der Waals surface area contributed by atoms with Gasteiger partial charge in [0.15, 0.2) is 0 Å². The van der Waals surface area contributed by atoms with E-state index in [0.717, 1.165) is 37.0 Å². The molecular formula is C12H17BrClNO. The van der Waals surface area contributed by atoms with Crippen LogP contribution < -0.4 is 5.32 Å². The number of nitrogens with one attached hydrogen (secondary N) is 1. The van der Waals surface area contributed by atoms with Crippen LogP contribution in [0.2, 0.25) is 0 Å². The molecule has 1 N–H and O–H groups in total. The van der Waals surface area contributed by atoms with Gasteiger partial charge in [-0.1, -0.05) is 28.1 Å². The third kappa shape index (κ3) is 4.42. The number of ether oxygens (including phenoxy) is 1. The average Bonchev–Trinajstić information content (AvgIpc) is 2.30. The SMILES string of the molecule is Brc1ccc(COC2CCNCC2)cc1.Cl. The summed E-state index contributed by atoms with van der Waals surface area (Å²) in [5.74, 6) is 0. The smallest absolute Gasteiger partial charge is 0.0720 e. The first-order chi connectivity index (χ1) is 7.34. The molecule has 0 bridgehead atoms. The number of rotatable bonds is 3. The van der Waals surface area contributed by atoms with E-state index in [2.05, 4.69) is 45.5 Å². The molecule has 1 aromatic rings. The zero-order chi connectivity index (χ0) is 10.5. The molecule has 0 spiro atoms. The molecule has 0 unspecified atom stereocenters. The minimum atomic E-state index is 0. The molecular weight excluding hydrogens is 289 g/mol. The van der Waals surface area contributed by atoms with Crippen molar-refractivity contribution in [3.05, 3.63) is 34.3 Å². The third-order valence-electron chi connectivity index (χ3n) is 2.69. The molecule has 4 heteroatoms. The molecule has 2 nitrogen and oxygen atoms in total.